The minimum absolute atomic E-state index is 0. The highest BCUT2D eigenvalue weighted by molar-refractivity contribution is 7.36. The number of rotatable bonds is 0. The SMILES string of the molecule is O.[O-][p+]1ccccn1. The Kier molecular flexibility index (Phi) is 3.28. The molecule has 0 aliphatic carbocycles. The van der Waals surface area contributed by atoms with Gasteiger partial charge in [0, 0.05) is 0 Å². The van der Waals surface area contributed by atoms with E-state index in [9.17, 15) is 4.89 Å². The molecule has 0 aliphatic rings. The fraction of sp³-hybridized carbons (Fsp3) is 0. The number of nitrogens with zero attached hydrogens (tertiary/aromatic N) is 1. The molecule has 1 aromatic rings. The highest BCUT2D eigenvalue weighted by Crippen LogP contribution is 2.05. The summed E-state index contributed by atoms with van der Waals surface area (Å²) in [4.78, 5) is 10.3. The van der Waals surface area contributed by atoms with E-state index in [0.29, 0.717) is 0 Å². The summed E-state index contributed by atoms with van der Waals surface area (Å²) in [7, 11) is -1.38. The predicted octanol–water partition coefficient (Wildman–Crippen LogP) is -0.352. The Bertz CT molecular complexity index is 144. The van der Waals surface area contributed by atoms with Gasteiger partial charge in [0.05, 0.1) is 6.20 Å². The maximum atomic E-state index is 10.3. The van der Waals surface area contributed by atoms with Gasteiger partial charge in [-0.1, -0.05) is 4.75 Å². The summed E-state index contributed by atoms with van der Waals surface area (Å²) >= 11 is 0. The largest absolute Gasteiger partial charge is 0.608 e. The Labute approximate surface area is 48.2 Å². The molecule has 1 unspecified atom stereocenters. The van der Waals surface area contributed by atoms with Crippen LogP contribution in [0.3, 0.4) is 0 Å². The second kappa shape index (κ2) is 3.50. The molecular formula is C4H6NO2P. The van der Waals surface area contributed by atoms with Crippen molar-refractivity contribution in [2.75, 3.05) is 0 Å². The van der Waals surface area contributed by atoms with Crippen molar-refractivity contribution in [1.82, 2.24) is 4.75 Å². The fourth-order valence-electron chi connectivity index (χ4n) is 0.316. The van der Waals surface area contributed by atoms with E-state index in [1.54, 1.807) is 24.1 Å². The van der Waals surface area contributed by atoms with Crippen molar-refractivity contribution < 1.29 is 10.4 Å². The lowest BCUT2D eigenvalue weighted by molar-refractivity contribution is -0.152. The molecule has 4 heteroatoms. The van der Waals surface area contributed by atoms with Crippen molar-refractivity contribution >= 4 is 7.92 Å². The first kappa shape index (κ1) is 7.50. The molecule has 1 aromatic heterocycles. The molecule has 0 saturated carbocycles. The lowest BCUT2D eigenvalue weighted by atomic mass is 10.7. The second-order valence-electron chi connectivity index (χ2n) is 1.10. The van der Waals surface area contributed by atoms with Crippen molar-refractivity contribution in [3.8, 4) is 0 Å². The Balaban J connectivity index is 0.000000490. The van der Waals surface area contributed by atoms with E-state index in [-0.39, 0.29) is 5.48 Å². The standard InChI is InChI=1S/C4H4NOP.H2O/c6-7-4-2-1-3-5-7;/h1-4H;1H2. The van der Waals surface area contributed by atoms with Gasteiger partial charge in [-0.3, -0.25) is 0 Å². The van der Waals surface area contributed by atoms with Crippen LogP contribution in [-0.4, -0.2) is 10.2 Å². The van der Waals surface area contributed by atoms with Gasteiger partial charge in [-0.05, 0) is 12.1 Å². The summed E-state index contributed by atoms with van der Waals surface area (Å²) in [6.45, 7) is 0. The number of aromatic nitrogens is 1. The molecule has 0 amide bonds. The molecule has 0 fully saturated rings. The minimum atomic E-state index is -1.38. The highest BCUT2D eigenvalue weighted by atomic mass is 31.1. The molecule has 2 N–H and O–H groups in total. The maximum absolute atomic E-state index is 10.3. The van der Waals surface area contributed by atoms with E-state index < -0.39 is 7.92 Å². The lowest BCUT2D eigenvalue weighted by Crippen LogP contribution is -1.82. The molecule has 0 bridgehead atoms. The minimum Gasteiger partial charge on any atom is -0.608 e. The van der Waals surface area contributed by atoms with Crippen molar-refractivity contribution in [1.29, 1.82) is 0 Å². The van der Waals surface area contributed by atoms with E-state index in [1.165, 1.54) is 0 Å². The first-order chi connectivity index (χ1) is 3.39. The molecular weight excluding hydrogens is 125 g/mol. The van der Waals surface area contributed by atoms with E-state index in [4.69, 9.17) is 0 Å². The third-order valence-corrected chi connectivity index (χ3v) is 1.38. The molecule has 8 heavy (non-hydrogen) atoms. The molecule has 0 aromatic carbocycles. The third kappa shape index (κ3) is 1.98. The molecule has 1 heterocycles. The van der Waals surface area contributed by atoms with Crippen LogP contribution in [0.15, 0.2) is 24.1 Å². The first-order valence-corrected chi connectivity index (χ1v) is 3.18. The van der Waals surface area contributed by atoms with Crippen LogP contribution in [0.2, 0.25) is 0 Å². The van der Waals surface area contributed by atoms with Gasteiger partial charge in [0.15, 0.2) is 0 Å². The van der Waals surface area contributed by atoms with Crippen LogP contribution >= 0.6 is 7.92 Å². The molecule has 0 saturated heterocycles. The Morgan fingerprint density at radius 3 is 2.38 bits per heavy atom. The number of hydrogen-bond acceptors (Lipinski definition) is 2. The van der Waals surface area contributed by atoms with Crippen molar-refractivity contribution in [2.45, 2.75) is 0 Å². The summed E-state index contributed by atoms with van der Waals surface area (Å²) in [5.74, 6) is 1.56. The fourth-order valence-corrected chi connectivity index (χ4v) is 0.848. The van der Waals surface area contributed by atoms with Gasteiger partial charge in [0.2, 0.25) is 7.92 Å². The molecule has 1 rings (SSSR count). The zero-order valence-corrected chi connectivity index (χ0v) is 5.01. The van der Waals surface area contributed by atoms with Crippen LogP contribution in [0, 0.1) is 0 Å². The summed E-state index contributed by atoms with van der Waals surface area (Å²) in [6, 6.07) is 3.47. The molecule has 44 valence electrons. The van der Waals surface area contributed by atoms with Crippen molar-refractivity contribution in [3.05, 3.63) is 24.1 Å². The summed E-state index contributed by atoms with van der Waals surface area (Å²) < 4.78 is 3.57. The van der Waals surface area contributed by atoms with Crippen LogP contribution < -0.4 is 4.89 Å². The average Bonchev–Trinajstić information content (AvgIpc) is 1.69. The van der Waals surface area contributed by atoms with Gasteiger partial charge in [-0.15, -0.1) is 0 Å². The lowest BCUT2D eigenvalue weighted by Gasteiger charge is -1.78. The maximum Gasteiger partial charge on any atom is 0.201 e. The van der Waals surface area contributed by atoms with Crippen molar-refractivity contribution in [2.24, 2.45) is 0 Å². The van der Waals surface area contributed by atoms with E-state index >= 15 is 0 Å². The monoisotopic (exact) mass is 131 g/mol. The Hall–Kier alpha value is -0.500. The zero-order chi connectivity index (χ0) is 5.11. The van der Waals surface area contributed by atoms with E-state index in [0.717, 1.165) is 0 Å². The highest BCUT2D eigenvalue weighted by Gasteiger charge is 1.80. The predicted molar refractivity (Wildman–Crippen MR) is 30.4 cm³/mol. The first-order valence-electron chi connectivity index (χ1n) is 1.90. The quantitative estimate of drug-likeness (QED) is 0.482. The Morgan fingerprint density at radius 1 is 1.38 bits per heavy atom. The van der Waals surface area contributed by atoms with Crippen LogP contribution in [0.4, 0.5) is 0 Å². The van der Waals surface area contributed by atoms with Gasteiger partial charge in [0.1, 0.15) is 5.80 Å². The van der Waals surface area contributed by atoms with E-state index in [2.05, 4.69) is 4.75 Å². The summed E-state index contributed by atoms with van der Waals surface area (Å²) in [5, 5.41) is 0. The van der Waals surface area contributed by atoms with Crippen LogP contribution in [0.1, 0.15) is 0 Å². The zero-order valence-electron chi connectivity index (χ0n) is 4.11. The smallest absolute Gasteiger partial charge is 0.201 e. The van der Waals surface area contributed by atoms with Gasteiger partial charge in [-0.25, -0.2) is 0 Å². The van der Waals surface area contributed by atoms with Gasteiger partial charge in [0.25, 0.3) is 0 Å². The molecule has 0 aliphatic heterocycles. The van der Waals surface area contributed by atoms with E-state index in [1.807, 2.05) is 0 Å². The molecule has 0 spiro atoms. The summed E-state index contributed by atoms with van der Waals surface area (Å²) in [5.41, 5.74) is 0. The van der Waals surface area contributed by atoms with Gasteiger partial charge < -0.3 is 10.4 Å². The van der Waals surface area contributed by atoms with Gasteiger partial charge >= 0.3 is 0 Å². The second-order valence-corrected chi connectivity index (χ2v) is 2.24. The normalized spacial score (nSPS) is 9.88. The van der Waals surface area contributed by atoms with Gasteiger partial charge in [-0.2, -0.15) is 0 Å². The molecule has 0 radical (unpaired) electrons. The third-order valence-electron chi connectivity index (χ3n) is 0.591. The Morgan fingerprint density at radius 2 is 2.12 bits per heavy atom. The van der Waals surface area contributed by atoms with Crippen LogP contribution in [-0.2, 0) is 0 Å². The van der Waals surface area contributed by atoms with Crippen molar-refractivity contribution in [3.63, 3.8) is 0 Å². The average molecular weight is 131 g/mol. The number of hydrogen-bond donors (Lipinski definition) is 0. The molecule has 1 atom stereocenters. The van der Waals surface area contributed by atoms with Crippen LogP contribution in [0.25, 0.3) is 0 Å². The molecule has 3 nitrogen and oxygen atoms in total. The summed E-state index contributed by atoms with van der Waals surface area (Å²) in [6.07, 6.45) is 1.54. The van der Waals surface area contributed by atoms with Crippen LogP contribution in [0.5, 0.6) is 0 Å². The topological polar surface area (TPSA) is 67.5 Å².